The second kappa shape index (κ2) is 5.24. The lowest BCUT2D eigenvalue weighted by molar-refractivity contribution is -0.143. The Morgan fingerprint density at radius 2 is 1.76 bits per heavy atom. The first-order valence-corrected chi connectivity index (χ1v) is 13.6. The van der Waals surface area contributed by atoms with Crippen LogP contribution in [-0.4, -0.2) is 40.2 Å². The number of hydrogen-bond donors (Lipinski definition) is 0. The zero-order chi connectivity index (χ0) is 13.3. The predicted octanol–water partition coefficient (Wildman–Crippen LogP) is 2.83. The summed E-state index contributed by atoms with van der Waals surface area (Å²) >= 11 is 0. The molecule has 1 saturated heterocycles. The van der Waals surface area contributed by atoms with E-state index >= 15 is 0 Å². The van der Waals surface area contributed by atoms with E-state index in [1.165, 1.54) is 0 Å². The molecule has 5 heteroatoms. The first kappa shape index (κ1) is 14.9. The molecule has 1 atom stereocenters. The molecule has 0 amide bonds. The van der Waals surface area contributed by atoms with Crippen LogP contribution in [0, 0.1) is 0 Å². The molecule has 1 rings (SSSR count). The van der Waals surface area contributed by atoms with Crippen molar-refractivity contribution in [1.29, 1.82) is 0 Å². The molecule has 1 heterocycles. The van der Waals surface area contributed by atoms with Crippen molar-refractivity contribution in [2.24, 2.45) is 0 Å². The number of hydrogen-bond acceptors (Lipinski definition) is 3. The molecule has 0 radical (unpaired) electrons. The summed E-state index contributed by atoms with van der Waals surface area (Å²) in [7, 11) is -2.62. The standard InChI is InChI=1S/C12H26O3Si2/c1-16(2,3)12(17(4,5)6)14-9-10-7-8-11(13)15-10/h10,12H,7-9H2,1-6H3. The van der Waals surface area contributed by atoms with E-state index in [2.05, 4.69) is 39.3 Å². The van der Waals surface area contributed by atoms with Gasteiger partial charge < -0.3 is 9.47 Å². The van der Waals surface area contributed by atoms with E-state index in [0.717, 1.165) is 6.42 Å². The first-order chi connectivity index (χ1) is 7.60. The van der Waals surface area contributed by atoms with Gasteiger partial charge in [0.25, 0.3) is 0 Å². The first-order valence-electron chi connectivity index (χ1n) is 6.42. The highest BCUT2D eigenvalue weighted by atomic mass is 28.4. The van der Waals surface area contributed by atoms with E-state index < -0.39 is 16.1 Å². The van der Waals surface area contributed by atoms with Crippen LogP contribution in [-0.2, 0) is 14.3 Å². The summed E-state index contributed by atoms with van der Waals surface area (Å²) in [6.45, 7) is 14.7. The molecule has 0 saturated carbocycles. The van der Waals surface area contributed by atoms with Gasteiger partial charge in [-0.25, -0.2) is 0 Å². The number of esters is 1. The third-order valence-electron chi connectivity index (χ3n) is 2.99. The van der Waals surface area contributed by atoms with Gasteiger partial charge in [0.1, 0.15) is 6.10 Å². The van der Waals surface area contributed by atoms with E-state index in [1.807, 2.05) is 0 Å². The van der Waals surface area contributed by atoms with Gasteiger partial charge in [0.15, 0.2) is 0 Å². The van der Waals surface area contributed by atoms with Crippen molar-refractivity contribution in [2.45, 2.75) is 63.6 Å². The molecule has 1 aliphatic heterocycles. The van der Waals surface area contributed by atoms with Crippen LogP contribution in [0.3, 0.4) is 0 Å². The fourth-order valence-corrected chi connectivity index (χ4v) is 14.3. The van der Waals surface area contributed by atoms with E-state index in [1.54, 1.807) is 0 Å². The molecule has 0 spiro atoms. The second-order valence-corrected chi connectivity index (χ2v) is 18.2. The topological polar surface area (TPSA) is 35.5 Å². The molecule has 0 aromatic carbocycles. The zero-order valence-electron chi connectivity index (χ0n) is 12.0. The number of rotatable bonds is 5. The highest BCUT2D eigenvalue weighted by Crippen LogP contribution is 2.24. The van der Waals surface area contributed by atoms with E-state index in [9.17, 15) is 4.79 Å². The van der Waals surface area contributed by atoms with Gasteiger partial charge in [0.05, 0.1) is 22.8 Å². The van der Waals surface area contributed by atoms with Crippen LogP contribution < -0.4 is 0 Å². The van der Waals surface area contributed by atoms with Crippen LogP contribution in [0.2, 0.25) is 39.3 Å². The number of cyclic esters (lactones) is 1. The van der Waals surface area contributed by atoms with Crippen LogP contribution in [0.1, 0.15) is 12.8 Å². The predicted molar refractivity (Wildman–Crippen MR) is 75.5 cm³/mol. The maximum atomic E-state index is 11.0. The second-order valence-electron chi connectivity index (χ2n) is 7.10. The van der Waals surface area contributed by atoms with Crippen LogP contribution in [0.25, 0.3) is 0 Å². The molecular weight excluding hydrogens is 248 g/mol. The summed E-state index contributed by atoms with van der Waals surface area (Å²) in [6.07, 6.45) is 1.37. The fraction of sp³-hybridized carbons (Fsp3) is 0.917. The smallest absolute Gasteiger partial charge is 0.306 e. The van der Waals surface area contributed by atoms with E-state index in [4.69, 9.17) is 9.47 Å². The Morgan fingerprint density at radius 1 is 1.24 bits per heavy atom. The third kappa shape index (κ3) is 4.56. The minimum absolute atomic E-state index is 0.00213. The maximum Gasteiger partial charge on any atom is 0.306 e. The summed E-state index contributed by atoms with van der Waals surface area (Å²) in [5, 5.41) is 0.425. The lowest BCUT2D eigenvalue weighted by Gasteiger charge is -2.38. The average molecular weight is 275 g/mol. The van der Waals surface area contributed by atoms with Gasteiger partial charge in [0, 0.05) is 11.8 Å². The molecule has 100 valence electrons. The lowest BCUT2D eigenvalue weighted by Crippen LogP contribution is -2.56. The molecule has 0 N–H and O–H groups in total. The normalized spacial score (nSPS) is 22.1. The number of ether oxygens (including phenoxy) is 2. The Kier molecular flexibility index (Phi) is 4.60. The van der Waals surface area contributed by atoms with Gasteiger partial charge in [0.2, 0.25) is 0 Å². The van der Waals surface area contributed by atoms with Crippen molar-refractivity contribution < 1.29 is 14.3 Å². The molecular formula is C12H26O3Si2. The minimum atomic E-state index is -1.31. The summed E-state index contributed by atoms with van der Waals surface area (Å²) in [5.41, 5.74) is 0. The van der Waals surface area contributed by atoms with Crippen molar-refractivity contribution in [1.82, 2.24) is 0 Å². The number of carbonyl (C=O) groups is 1. The van der Waals surface area contributed by atoms with Gasteiger partial charge in [-0.3, -0.25) is 4.79 Å². The molecule has 0 aromatic rings. The Labute approximate surface area is 107 Å². The van der Waals surface area contributed by atoms with Crippen molar-refractivity contribution in [3.05, 3.63) is 0 Å². The van der Waals surface area contributed by atoms with Crippen LogP contribution >= 0.6 is 0 Å². The quantitative estimate of drug-likeness (QED) is 0.571. The Hall–Kier alpha value is -0.136. The lowest BCUT2D eigenvalue weighted by atomic mass is 10.2. The van der Waals surface area contributed by atoms with Crippen molar-refractivity contribution in [2.75, 3.05) is 6.61 Å². The van der Waals surface area contributed by atoms with Crippen LogP contribution in [0.5, 0.6) is 0 Å². The Bertz CT molecular complexity index is 264. The zero-order valence-corrected chi connectivity index (χ0v) is 14.0. The van der Waals surface area contributed by atoms with Crippen LogP contribution in [0.15, 0.2) is 0 Å². The molecule has 0 bridgehead atoms. The number of carbonyl (C=O) groups excluding carboxylic acids is 1. The highest BCUT2D eigenvalue weighted by molar-refractivity contribution is 6.96. The summed E-state index contributed by atoms with van der Waals surface area (Å²) in [4.78, 5) is 11.0. The van der Waals surface area contributed by atoms with Gasteiger partial charge in [-0.1, -0.05) is 39.3 Å². The SMILES string of the molecule is C[Si](C)(C)C(OCC1CCC(=O)O1)[Si](C)(C)C. The summed E-state index contributed by atoms with van der Waals surface area (Å²) in [6, 6.07) is 0. The Morgan fingerprint density at radius 3 is 2.12 bits per heavy atom. The minimum Gasteiger partial charge on any atom is -0.460 e. The molecule has 0 aromatic heterocycles. The molecule has 0 aliphatic carbocycles. The van der Waals surface area contributed by atoms with Gasteiger partial charge in [-0.2, -0.15) is 0 Å². The van der Waals surface area contributed by atoms with Gasteiger partial charge in [-0.05, 0) is 6.42 Å². The summed E-state index contributed by atoms with van der Waals surface area (Å²) < 4.78 is 11.4. The van der Waals surface area contributed by atoms with Gasteiger partial charge in [-0.15, -0.1) is 0 Å². The van der Waals surface area contributed by atoms with E-state index in [0.29, 0.717) is 18.4 Å². The molecule has 1 unspecified atom stereocenters. The van der Waals surface area contributed by atoms with E-state index in [-0.39, 0.29) is 12.1 Å². The molecule has 3 nitrogen and oxygen atoms in total. The molecule has 1 aliphatic rings. The Balaban J connectivity index is 2.54. The largest absolute Gasteiger partial charge is 0.460 e. The highest BCUT2D eigenvalue weighted by Gasteiger charge is 2.39. The van der Waals surface area contributed by atoms with Gasteiger partial charge >= 0.3 is 5.97 Å². The average Bonchev–Trinajstić information content (AvgIpc) is 2.46. The molecule has 17 heavy (non-hydrogen) atoms. The summed E-state index contributed by atoms with van der Waals surface area (Å²) in [5.74, 6) is -0.0730. The van der Waals surface area contributed by atoms with Crippen LogP contribution in [0.4, 0.5) is 0 Å². The van der Waals surface area contributed by atoms with Crippen molar-refractivity contribution in [3.63, 3.8) is 0 Å². The maximum absolute atomic E-state index is 11.0. The molecule has 1 fully saturated rings. The van der Waals surface area contributed by atoms with Crippen molar-refractivity contribution >= 4 is 22.1 Å². The third-order valence-corrected chi connectivity index (χ3v) is 11.7. The fourth-order valence-electron chi connectivity index (χ4n) is 2.70. The monoisotopic (exact) mass is 274 g/mol. The van der Waals surface area contributed by atoms with Crippen molar-refractivity contribution in [3.8, 4) is 0 Å².